The van der Waals surface area contributed by atoms with E-state index in [1.807, 2.05) is 30.3 Å². The maximum Gasteiger partial charge on any atom is 0 e. The molecular weight excluding hydrogens is 482 g/mol. The Bertz CT molecular complexity index is 797. The Balaban J connectivity index is 0.000000568. The summed E-state index contributed by atoms with van der Waals surface area (Å²) in [4.78, 5) is 0. The Labute approximate surface area is 218 Å². The second-order valence-electron chi connectivity index (χ2n) is 11.8. The maximum absolute atomic E-state index is 3.67. The summed E-state index contributed by atoms with van der Waals surface area (Å²) in [5.74, 6) is 1.39. The van der Waals surface area contributed by atoms with E-state index in [1.165, 1.54) is 12.8 Å². The van der Waals surface area contributed by atoms with Gasteiger partial charge >= 0.3 is 0 Å². The van der Waals surface area contributed by atoms with Crippen molar-refractivity contribution in [1.82, 2.24) is 10.6 Å². The van der Waals surface area contributed by atoms with Crippen LogP contribution in [-0.2, 0) is 39.2 Å². The zero-order chi connectivity index (χ0) is 23.6. The Morgan fingerprint density at radius 1 is 0.909 bits per heavy atom. The normalized spacial score (nSPS) is 22.9. The molecule has 0 radical (unpaired) electrons. The second-order valence-corrected chi connectivity index (χ2v) is 13.2. The Kier molecular flexibility index (Phi) is 10.5. The van der Waals surface area contributed by atoms with Gasteiger partial charge in [-0.2, -0.15) is 22.8 Å². The molecule has 2 aliphatic rings. The molecule has 2 saturated heterocycles. The molecule has 0 aromatic heterocycles. The first kappa shape index (κ1) is 29.2. The van der Waals surface area contributed by atoms with Crippen molar-refractivity contribution in [3.05, 3.63) is 58.7 Å². The summed E-state index contributed by atoms with van der Waals surface area (Å²) in [6.45, 7) is 19.0. The summed E-state index contributed by atoms with van der Waals surface area (Å²) in [5, 5.41) is 7.49. The van der Waals surface area contributed by atoms with Gasteiger partial charge < -0.3 is 41.0 Å². The number of hydrogen-bond donors (Lipinski definition) is 2. The maximum atomic E-state index is 3.67. The molecule has 2 nitrogen and oxygen atoms in total. The van der Waals surface area contributed by atoms with Gasteiger partial charge in [0, 0.05) is 17.1 Å². The van der Waals surface area contributed by atoms with E-state index >= 15 is 0 Å². The number of nitrogens with one attached hydrogen (secondary N) is 2. The Morgan fingerprint density at radius 3 is 1.67 bits per heavy atom. The largest absolute Gasteiger partial charge is 0.748 e. The summed E-state index contributed by atoms with van der Waals surface area (Å²) in [6.07, 6.45) is 3.62. The minimum absolute atomic E-state index is 0. The predicted molar refractivity (Wildman–Crippen MR) is 148 cm³/mol. The first-order valence-corrected chi connectivity index (χ1v) is 13.8. The SMILES string of the molecule is CC(C)(C)c1c(C(P)(C2CCNC2)C2CCNC2)c(CP)c[c-]1C(C)(C)C.[Fe].[cH-]1[cH-][cH-][cH-][cH-]1. The molecule has 192 valence electrons. The molecule has 5 heteroatoms. The van der Waals surface area contributed by atoms with Crippen LogP contribution >= 0.6 is 18.5 Å². The van der Waals surface area contributed by atoms with E-state index in [1.54, 1.807) is 22.3 Å². The standard InChI is InChI=1S/C23H41N2P2.C5H5.Fe/c1-21(2,3)18-11-15(14-26)19(20(18)22(4,5)6)23(27,16-7-9-24-12-16)17-8-10-25-13-17;1-2-4-5-3-1;/h11,16-17,24-25H,7-10,12-14,26-27H2,1-6H3;1-5H;/q-1;-5;. The zero-order valence-electron chi connectivity index (χ0n) is 21.6. The molecule has 2 aromatic carbocycles. The van der Waals surface area contributed by atoms with Gasteiger partial charge in [0.15, 0.2) is 0 Å². The van der Waals surface area contributed by atoms with E-state index in [-0.39, 0.29) is 33.1 Å². The first-order valence-electron chi connectivity index (χ1n) is 12.4. The van der Waals surface area contributed by atoms with Crippen LogP contribution in [0.4, 0.5) is 0 Å². The van der Waals surface area contributed by atoms with Crippen LogP contribution in [0.2, 0.25) is 0 Å². The van der Waals surface area contributed by atoms with Crippen molar-refractivity contribution in [3.8, 4) is 0 Å². The van der Waals surface area contributed by atoms with Crippen molar-refractivity contribution in [2.24, 2.45) is 11.8 Å². The fourth-order valence-electron chi connectivity index (χ4n) is 5.83. The van der Waals surface area contributed by atoms with Crippen LogP contribution in [0.25, 0.3) is 0 Å². The first-order chi connectivity index (χ1) is 15.0. The summed E-state index contributed by atoms with van der Waals surface area (Å²) in [7, 11) is 6.46. The molecule has 4 rings (SSSR count). The summed E-state index contributed by atoms with van der Waals surface area (Å²) < 4.78 is 0. The van der Waals surface area contributed by atoms with E-state index in [2.05, 4.69) is 76.7 Å². The van der Waals surface area contributed by atoms with Crippen LogP contribution in [-0.4, -0.2) is 26.2 Å². The Hall–Kier alpha value is -0.000519. The van der Waals surface area contributed by atoms with Crippen LogP contribution in [0.1, 0.15) is 76.6 Å². The van der Waals surface area contributed by atoms with Gasteiger partial charge in [-0.05, 0) is 61.4 Å². The van der Waals surface area contributed by atoms with E-state index in [9.17, 15) is 0 Å². The fourth-order valence-corrected chi connectivity index (χ4v) is 7.05. The van der Waals surface area contributed by atoms with Gasteiger partial charge in [0.1, 0.15) is 0 Å². The summed E-state index contributed by atoms with van der Waals surface area (Å²) in [5.41, 5.74) is 6.73. The average Bonchev–Trinajstić information content (AvgIpc) is 3.51. The zero-order valence-corrected chi connectivity index (χ0v) is 25.0. The van der Waals surface area contributed by atoms with Gasteiger partial charge in [-0.1, -0.05) is 53.1 Å². The molecule has 2 aromatic rings. The third-order valence-electron chi connectivity index (χ3n) is 7.40. The topological polar surface area (TPSA) is 24.1 Å². The number of hydrogen-bond acceptors (Lipinski definition) is 2. The molecule has 2 fully saturated rings. The van der Waals surface area contributed by atoms with Crippen LogP contribution in [0.3, 0.4) is 0 Å². The Morgan fingerprint density at radius 2 is 1.36 bits per heavy atom. The fraction of sp³-hybridized carbons (Fsp3) is 0.643. The van der Waals surface area contributed by atoms with Crippen LogP contribution in [0.5, 0.6) is 0 Å². The van der Waals surface area contributed by atoms with Crippen molar-refractivity contribution in [1.29, 1.82) is 0 Å². The van der Waals surface area contributed by atoms with E-state index in [0.29, 0.717) is 11.8 Å². The van der Waals surface area contributed by atoms with E-state index in [4.69, 9.17) is 0 Å². The third-order valence-corrected chi connectivity index (χ3v) is 9.07. The smallest absolute Gasteiger partial charge is 0 e. The third kappa shape index (κ3) is 6.42. The quantitative estimate of drug-likeness (QED) is 0.286. The number of rotatable bonds is 4. The van der Waals surface area contributed by atoms with Gasteiger partial charge in [0.2, 0.25) is 0 Å². The van der Waals surface area contributed by atoms with Gasteiger partial charge in [-0.3, -0.25) is 0 Å². The van der Waals surface area contributed by atoms with Crippen molar-refractivity contribution in [2.45, 2.75) is 76.5 Å². The average molecular weight is 528 g/mol. The van der Waals surface area contributed by atoms with Crippen molar-refractivity contribution >= 4 is 18.5 Å². The molecule has 0 aliphatic carbocycles. The van der Waals surface area contributed by atoms with Crippen LogP contribution < -0.4 is 10.6 Å². The summed E-state index contributed by atoms with van der Waals surface area (Å²) in [6, 6.07) is 12.5. The molecular formula is C28H46FeN2P2-6. The molecule has 0 bridgehead atoms. The van der Waals surface area contributed by atoms with Crippen molar-refractivity contribution in [3.63, 3.8) is 0 Å². The van der Waals surface area contributed by atoms with Gasteiger partial charge in [0.05, 0.1) is 0 Å². The van der Waals surface area contributed by atoms with Gasteiger partial charge in [-0.15, -0.1) is 24.0 Å². The van der Waals surface area contributed by atoms with Crippen molar-refractivity contribution in [2.75, 3.05) is 26.2 Å². The molecule has 0 spiro atoms. The van der Waals surface area contributed by atoms with E-state index < -0.39 is 0 Å². The summed E-state index contributed by atoms with van der Waals surface area (Å²) >= 11 is 0. The molecule has 0 amide bonds. The van der Waals surface area contributed by atoms with Gasteiger partial charge in [-0.25, -0.2) is 0 Å². The van der Waals surface area contributed by atoms with Crippen molar-refractivity contribution < 1.29 is 17.1 Å². The monoisotopic (exact) mass is 528 g/mol. The molecule has 2 heterocycles. The van der Waals surface area contributed by atoms with E-state index in [0.717, 1.165) is 32.3 Å². The predicted octanol–water partition coefficient (Wildman–Crippen LogP) is 6.07. The molecule has 4 atom stereocenters. The minimum atomic E-state index is 0. The molecule has 0 saturated carbocycles. The minimum Gasteiger partial charge on any atom is -0.748 e. The molecule has 2 aliphatic heterocycles. The molecule has 4 unspecified atom stereocenters. The van der Waals surface area contributed by atoms with Crippen LogP contribution in [0, 0.1) is 11.8 Å². The van der Waals surface area contributed by atoms with Gasteiger partial charge in [0.25, 0.3) is 0 Å². The van der Waals surface area contributed by atoms with Crippen LogP contribution in [0.15, 0.2) is 36.4 Å². The molecule has 2 N–H and O–H groups in total. The molecule has 33 heavy (non-hydrogen) atoms. The second kappa shape index (κ2) is 11.8.